The SMILES string of the molecule is C(=C(c1ccccc1)c1ccc2sc3ccc(N(c4ccccc4)c4ccccc4)cc3c2c1)c1ccc(N(c2ccccc2)c2ccccc2)cc1. The van der Waals surface area contributed by atoms with Crippen molar-refractivity contribution >= 4 is 77.3 Å². The van der Waals surface area contributed by atoms with Crippen LogP contribution in [0.4, 0.5) is 34.1 Å². The maximum atomic E-state index is 2.38. The van der Waals surface area contributed by atoms with Crippen LogP contribution < -0.4 is 9.80 Å². The minimum absolute atomic E-state index is 1.11. The van der Waals surface area contributed by atoms with E-state index in [1.165, 1.54) is 36.9 Å². The van der Waals surface area contributed by atoms with E-state index in [1.54, 1.807) is 0 Å². The van der Waals surface area contributed by atoms with Gasteiger partial charge in [0.05, 0.1) is 0 Å². The minimum atomic E-state index is 1.11. The maximum absolute atomic E-state index is 2.38. The van der Waals surface area contributed by atoms with Gasteiger partial charge in [-0.25, -0.2) is 0 Å². The summed E-state index contributed by atoms with van der Waals surface area (Å²) in [5, 5.41) is 2.53. The molecule has 0 fully saturated rings. The quantitative estimate of drug-likeness (QED) is 0.139. The molecule has 1 heterocycles. The van der Waals surface area contributed by atoms with Crippen LogP contribution in [-0.2, 0) is 0 Å². The van der Waals surface area contributed by atoms with Crippen LogP contribution >= 0.6 is 11.3 Å². The lowest BCUT2D eigenvalue weighted by Gasteiger charge is -2.25. The minimum Gasteiger partial charge on any atom is -0.311 e. The summed E-state index contributed by atoms with van der Waals surface area (Å²) in [7, 11) is 0. The van der Waals surface area contributed by atoms with Crippen LogP contribution in [0.15, 0.2) is 212 Å². The van der Waals surface area contributed by atoms with Crippen LogP contribution in [0.1, 0.15) is 16.7 Å². The maximum Gasteiger partial charge on any atom is 0.0468 e. The van der Waals surface area contributed by atoms with Crippen LogP contribution in [0, 0.1) is 0 Å². The van der Waals surface area contributed by atoms with Crippen LogP contribution in [0.2, 0.25) is 0 Å². The average Bonchev–Trinajstić information content (AvgIpc) is 3.60. The van der Waals surface area contributed by atoms with Crippen LogP contribution in [0.25, 0.3) is 31.8 Å². The Morgan fingerprint density at radius 2 is 0.736 bits per heavy atom. The Morgan fingerprint density at radius 3 is 1.25 bits per heavy atom. The summed E-state index contributed by atoms with van der Waals surface area (Å²) in [6, 6.07) is 75.8. The highest BCUT2D eigenvalue weighted by atomic mass is 32.1. The van der Waals surface area contributed by atoms with E-state index < -0.39 is 0 Å². The van der Waals surface area contributed by atoms with Gasteiger partial charge in [-0.1, -0.05) is 121 Å². The molecule has 0 bridgehead atoms. The molecule has 252 valence electrons. The molecule has 9 rings (SSSR count). The highest BCUT2D eigenvalue weighted by Crippen LogP contribution is 2.42. The second kappa shape index (κ2) is 14.5. The topological polar surface area (TPSA) is 6.48 Å². The molecule has 1 aromatic heterocycles. The van der Waals surface area contributed by atoms with E-state index in [2.05, 4.69) is 228 Å². The molecule has 3 heteroatoms. The van der Waals surface area contributed by atoms with Crippen molar-refractivity contribution in [2.75, 3.05) is 9.80 Å². The summed E-state index contributed by atoms with van der Waals surface area (Å²) in [4.78, 5) is 4.63. The van der Waals surface area contributed by atoms with Gasteiger partial charge in [0.15, 0.2) is 0 Å². The monoisotopic (exact) mass is 696 g/mol. The zero-order valence-electron chi connectivity index (χ0n) is 29.1. The highest BCUT2D eigenvalue weighted by Gasteiger charge is 2.16. The molecule has 8 aromatic carbocycles. The van der Waals surface area contributed by atoms with Crippen molar-refractivity contribution in [3.63, 3.8) is 0 Å². The molecule has 0 aliphatic rings. The van der Waals surface area contributed by atoms with E-state index in [9.17, 15) is 0 Å². The highest BCUT2D eigenvalue weighted by molar-refractivity contribution is 7.25. The summed E-state index contributed by atoms with van der Waals surface area (Å²) >= 11 is 1.85. The standard InChI is InChI=1S/C50H36N2S/c1-6-16-38(17-7-1)46(34-37-26-29-44(30-27-37)51(40-18-8-2-9-19-40)41-20-10-3-11-21-41)39-28-32-49-47(35-39)48-36-45(31-33-50(48)53-49)52(42-22-12-4-13-23-42)43-24-14-5-15-25-43/h1-36H. The number of rotatable bonds is 9. The fourth-order valence-electron chi connectivity index (χ4n) is 7.11. The van der Waals surface area contributed by atoms with E-state index in [-0.39, 0.29) is 0 Å². The molecule has 0 unspecified atom stereocenters. The Labute approximate surface area is 314 Å². The van der Waals surface area contributed by atoms with Gasteiger partial charge in [-0.05, 0) is 119 Å². The first kappa shape index (κ1) is 32.2. The number of thiophene rings is 1. The largest absolute Gasteiger partial charge is 0.311 e. The molecular weight excluding hydrogens is 661 g/mol. The molecule has 0 N–H and O–H groups in total. The lowest BCUT2D eigenvalue weighted by atomic mass is 9.94. The molecule has 0 amide bonds. The van der Waals surface area contributed by atoms with E-state index in [0.717, 1.165) is 39.7 Å². The molecule has 0 atom stereocenters. The van der Waals surface area contributed by atoms with Crippen molar-refractivity contribution in [3.8, 4) is 0 Å². The summed E-state index contributed by atoms with van der Waals surface area (Å²) in [5.41, 5.74) is 11.5. The first-order valence-electron chi connectivity index (χ1n) is 17.9. The second-order valence-electron chi connectivity index (χ2n) is 13.0. The fourth-order valence-corrected chi connectivity index (χ4v) is 8.18. The van der Waals surface area contributed by atoms with Gasteiger partial charge in [0.2, 0.25) is 0 Å². The number of para-hydroxylation sites is 4. The molecule has 2 nitrogen and oxygen atoms in total. The molecule has 0 spiro atoms. The average molecular weight is 697 g/mol. The molecule has 53 heavy (non-hydrogen) atoms. The van der Waals surface area contributed by atoms with Crippen LogP contribution in [-0.4, -0.2) is 0 Å². The molecule has 0 aliphatic heterocycles. The molecular formula is C50H36N2S. The number of nitrogens with zero attached hydrogens (tertiary/aromatic N) is 2. The summed E-state index contributed by atoms with van der Waals surface area (Å²) < 4.78 is 2.56. The summed E-state index contributed by atoms with van der Waals surface area (Å²) in [6.45, 7) is 0. The third-order valence-corrected chi connectivity index (χ3v) is 10.8. The first-order valence-corrected chi connectivity index (χ1v) is 18.7. The Kier molecular flexibility index (Phi) is 8.83. The number of benzene rings is 8. The third-order valence-electron chi connectivity index (χ3n) is 9.63. The van der Waals surface area contributed by atoms with Gasteiger partial charge in [0.1, 0.15) is 0 Å². The van der Waals surface area contributed by atoms with Crippen molar-refractivity contribution in [2.24, 2.45) is 0 Å². The van der Waals surface area contributed by atoms with E-state index >= 15 is 0 Å². The molecule has 9 aromatic rings. The van der Waals surface area contributed by atoms with Crippen LogP contribution in [0.5, 0.6) is 0 Å². The lowest BCUT2D eigenvalue weighted by molar-refractivity contribution is 1.28. The van der Waals surface area contributed by atoms with Crippen molar-refractivity contribution in [1.82, 2.24) is 0 Å². The summed E-state index contributed by atoms with van der Waals surface area (Å²) in [5.74, 6) is 0. The Balaban J connectivity index is 1.13. The first-order chi connectivity index (χ1) is 26.3. The molecule has 0 radical (unpaired) electrons. The van der Waals surface area contributed by atoms with E-state index in [1.807, 2.05) is 11.3 Å². The van der Waals surface area contributed by atoms with Crippen molar-refractivity contribution in [2.45, 2.75) is 0 Å². The Hall–Kier alpha value is -6.68. The summed E-state index contributed by atoms with van der Waals surface area (Å²) in [6.07, 6.45) is 2.32. The van der Waals surface area contributed by atoms with Crippen molar-refractivity contribution in [1.29, 1.82) is 0 Å². The van der Waals surface area contributed by atoms with Gasteiger partial charge >= 0.3 is 0 Å². The van der Waals surface area contributed by atoms with E-state index in [4.69, 9.17) is 0 Å². The molecule has 0 saturated carbocycles. The van der Waals surface area contributed by atoms with Crippen molar-refractivity contribution < 1.29 is 0 Å². The zero-order valence-corrected chi connectivity index (χ0v) is 29.9. The van der Waals surface area contributed by atoms with Crippen LogP contribution in [0.3, 0.4) is 0 Å². The predicted molar refractivity (Wildman–Crippen MR) is 229 cm³/mol. The number of anilines is 6. The molecule has 0 aliphatic carbocycles. The van der Waals surface area contributed by atoms with Gasteiger partial charge in [0.25, 0.3) is 0 Å². The number of hydrogen-bond acceptors (Lipinski definition) is 3. The lowest BCUT2D eigenvalue weighted by Crippen LogP contribution is -2.09. The smallest absolute Gasteiger partial charge is 0.0468 e. The van der Waals surface area contributed by atoms with Gasteiger partial charge in [-0.3, -0.25) is 0 Å². The van der Waals surface area contributed by atoms with E-state index in [0.29, 0.717) is 0 Å². The zero-order chi connectivity index (χ0) is 35.4. The third kappa shape index (κ3) is 6.62. The Bertz CT molecular complexity index is 2550. The Morgan fingerprint density at radius 1 is 0.340 bits per heavy atom. The second-order valence-corrected chi connectivity index (χ2v) is 14.1. The number of hydrogen-bond donors (Lipinski definition) is 0. The fraction of sp³-hybridized carbons (Fsp3) is 0. The van der Waals surface area contributed by atoms with Gasteiger partial charge in [-0.2, -0.15) is 0 Å². The van der Waals surface area contributed by atoms with Gasteiger partial charge in [-0.15, -0.1) is 11.3 Å². The number of fused-ring (bicyclic) bond motifs is 3. The van der Waals surface area contributed by atoms with Gasteiger partial charge < -0.3 is 9.80 Å². The normalized spacial score (nSPS) is 11.5. The predicted octanol–water partition coefficient (Wildman–Crippen LogP) is 14.6. The molecule has 0 saturated heterocycles. The van der Waals surface area contributed by atoms with Gasteiger partial charge in [0, 0.05) is 54.3 Å². The van der Waals surface area contributed by atoms with Crippen molar-refractivity contribution in [3.05, 3.63) is 229 Å².